The normalized spacial score (nSPS) is 23.0. The predicted octanol–water partition coefficient (Wildman–Crippen LogP) is 1.38. The Morgan fingerprint density at radius 1 is 1.20 bits per heavy atom. The number of nitrogens with zero attached hydrogens (tertiary/aromatic N) is 1. The largest absolute Gasteiger partial charge is 0.467 e. The molecule has 1 aromatic rings. The standard InChI is InChI=1S/C19H24N2O4/c1-13(22)21-11-8-15(9-12-21)17(23)20-19(18(24)25-2)10-7-14-5-3-4-6-16(14)19/h3-6,15H,7-12H2,1-2H3,(H,20,23)/t19-/m1/s1. The topological polar surface area (TPSA) is 75.7 Å². The van der Waals surface area contributed by atoms with E-state index in [1.54, 1.807) is 11.8 Å². The second-order valence-electron chi connectivity index (χ2n) is 6.82. The zero-order chi connectivity index (χ0) is 18.0. The molecule has 0 aromatic heterocycles. The number of hydrogen-bond donors (Lipinski definition) is 1. The lowest BCUT2D eigenvalue weighted by atomic mass is 9.89. The molecule has 3 rings (SSSR count). The van der Waals surface area contributed by atoms with Crippen LogP contribution >= 0.6 is 0 Å². The van der Waals surface area contributed by atoms with Crippen molar-refractivity contribution >= 4 is 17.8 Å². The minimum atomic E-state index is -1.10. The van der Waals surface area contributed by atoms with Crippen molar-refractivity contribution in [3.8, 4) is 0 Å². The fraction of sp³-hybridized carbons (Fsp3) is 0.526. The predicted molar refractivity (Wildman–Crippen MR) is 91.6 cm³/mol. The van der Waals surface area contributed by atoms with E-state index in [0.717, 1.165) is 17.5 Å². The van der Waals surface area contributed by atoms with Gasteiger partial charge in [0.25, 0.3) is 0 Å². The molecule has 1 N–H and O–H groups in total. The Labute approximate surface area is 147 Å². The molecular formula is C19H24N2O4. The van der Waals surface area contributed by atoms with Gasteiger partial charge in [-0.2, -0.15) is 0 Å². The van der Waals surface area contributed by atoms with Gasteiger partial charge in [-0.3, -0.25) is 9.59 Å². The summed E-state index contributed by atoms with van der Waals surface area (Å²) >= 11 is 0. The summed E-state index contributed by atoms with van der Waals surface area (Å²) in [4.78, 5) is 38.6. The minimum absolute atomic E-state index is 0.0367. The molecule has 25 heavy (non-hydrogen) atoms. The first-order chi connectivity index (χ1) is 12.0. The van der Waals surface area contributed by atoms with Gasteiger partial charge in [-0.1, -0.05) is 24.3 Å². The number of amides is 2. The van der Waals surface area contributed by atoms with Crippen LogP contribution < -0.4 is 5.32 Å². The van der Waals surface area contributed by atoms with Crippen molar-refractivity contribution in [2.75, 3.05) is 20.2 Å². The molecule has 1 aliphatic heterocycles. The molecule has 2 amide bonds. The van der Waals surface area contributed by atoms with Crippen LogP contribution in [-0.2, 0) is 31.1 Å². The number of carbonyl (C=O) groups is 3. The number of benzene rings is 1. The van der Waals surface area contributed by atoms with Gasteiger partial charge in [-0.25, -0.2) is 4.79 Å². The van der Waals surface area contributed by atoms with Crippen LogP contribution in [0.15, 0.2) is 24.3 Å². The Hall–Kier alpha value is -2.37. The maximum Gasteiger partial charge on any atom is 0.336 e. The Morgan fingerprint density at radius 3 is 2.52 bits per heavy atom. The van der Waals surface area contributed by atoms with Crippen LogP contribution in [0.1, 0.15) is 37.3 Å². The lowest BCUT2D eigenvalue weighted by Gasteiger charge is -2.34. The highest BCUT2D eigenvalue weighted by Crippen LogP contribution is 2.38. The number of likely N-dealkylation sites (tertiary alicyclic amines) is 1. The zero-order valence-corrected chi connectivity index (χ0v) is 14.7. The SMILES string of the molecule is COC(=O)[C@@]1(NC(=O)C2CCN(C(C)=O)CC2)CCc2ccccc21. The fourth-order valence-corrected chi connectivity index (χ4v) is 3.95. The van der Waals surface area contributed by atoms with E-state index in [1.807, 2.05) is 24.3 Å². The first-order valence-electron chi connectivity index (χ1n) is 8.72. The Morgan fingerprint density at radius 2 is 1.88 bits per heavy atom. The van der Waals surface area contributed by atoms with Crippen molar-refractivity contribution in [2.24, 2.45) is 5.92 Å². The number of fused-ring (bicyclic) bond motifs is 1. The lowest BCUT2D eigenvalue weighted by Crippen LogP contribution is -2.54. The third-order valence-electron chi connectivity index (χ3n) is 5.43. The molecule has 1 fully saturated rings. The smallest absolute Gasteiger partial charge is 0.336 e. The van der Waals surface area contributed by atoms with Gasteiger partial charge in [-0.15, -0.1) is 0 Å². The summed E-state index contributed by atoms with van der Waals surface area (Å²) in [7, 11) is 1.35. The van der Waals surface area contributed by atoms with Crippen LogP contribution in [0.3, 0.4) is 0 Å². The number of piperidine rings is 1. The van der Waals surface area contributed by atoms with Crippen molar-refractivity contribution < 1.29 is 19.1 Å². The lowest BCUT2D eigenvalue weighted by molar-refractivity contribution is -0.152. The number of esters is 1. The molecule has 6 nitrogen and oxygen atoms in total. The van der Waals surface area contributed by atoms with Crippen molar-refractivity contribution in [2.45, 2.75) is 38.1 Å². The third kappa shape index (κ3) is 3.13. The Kier molecular flexibility index (Phi) is 4.79. The molecule has 0 radical (unpaired) electrons. The maximum atomic E-state index is 12.8. The highest BCUT2D eigenvalue weighted by molar-refractivity contribution is 5.91. The van der Waals surface area contributed by atoms with Crippen LogP contribution in [0.25, 0.3) is 0 Å². The molecule has 0 bridgehead atoms. The first-order valence-corrected chi connectivity index (χ1v) is 8.72. The van der Waals surface area contributed by atoms with Gasteiger partial charge in [0.1, 0.15) is 0 Å². The summed E-state index contributed by atoms with van der Waals surface area (Å²) in [6.45, 7) is 2.70. The second kappa shape index (κ2) is 6.86. The van der Waals surface area contributed by atoms with Crippen LogP contribution in [0.2, 0.25) is 0 Å². The van der Waals surface area contributed by atoms with E-state index in [1.165, 1.54) is 7.11 Å². The Bertz CT molecular complexity index is 694. The molecule has 1 heterocycles. The Balaban J connectivity index is 1.78. The molecule has 0 spiro atoms. The summed E-state index contributed by atoms with van der Waals surface area (Å²) in [5.74, 6) is -0.711. The first kappa shape index (κ1) is 17.5. The molecule has 0 unspecified atom stereocenters. The van der Waals surface area contributed by atoms with Crippen molar-refractivity contribution in [3.05, 3.63) is 35.4 Å². The molecule has 1 aliphatic carbocycles. The highest BCUT2D eigenvalue weighted by atomic mass is 16.5. The van der Waals surface area contributed by atoms with Gasteiger partial charge in [0, 0.05) is 25.9 Å². The number of rotatable bonds is 3. The summed E-state index contributed by atoms with van der Waals surface area (Å²) in [6.07, 6.45) is 2.47. The number of nitrogens with one attached hydrogen (secondary N) is 1. The van der Waals surface area contributed by atoms with Crippen molar-refractivity contribution in [1.82, 2.24) is 10.2 Å². The minimum Gasteiger partial charge on any atom is -0.467 e. The van der Waals surface area contributed by atoms with E-state index in [2.05, 4.69) is 5.32 Å². The number of carbonyl (C=O) groups excluding carboxylic acids is 3. The number of ether oxygens (including phenoxy) is 1. The summed E-state index contributed by atoms with van der Waals surface area (Å²) in [5, 5.41) is 3.00. The van der Waals surface area contributed by atoms with E-state index < -0.39 is 11.5 Å². The molecule has 1 atom stereocenters. The number of aryl methyl sites for hydroxylation is 1. The van der Waals surface area contributed by atoms with E-state index in [9.17, 15) is 14.4 Å². The van der Waals surface area contributed by atoms with Crippen molar-refractivity contribution in [3.63, 3.8) is 0 Å². The van der Waals surface area contributed by atoms with Crippen LogP contribution in [-0.4, -0.2) is 42.9 Å². The molecular weight excluding hydrogens is 320 g/mol. The van der Waals surface area contributed by atoms with Crippen LogP contribution in [0.5, 0.6) is 0 Å². The average molecular weight is 344 g/mol. The van der Waals surface area contributed by atoms with Gasteiger partial charge in [0.2, 0.25) is 11.8 Å². The molecule has 1 saturated heterocycles. The van der Waals surface area contributed by atoms with Gasteiger partial charge in [0.15, 0.2) is 5.54 Å². The van der Waals surface area contributed by atoms with E-state index in [4.69, 9.17) is 4.74 Å². The monoisotopic (exact) mass is 344 g/mol. The quantitative estimate of drug-likeness (QED) is 0.841. The fourth-order valence-electron chi connectivity index (χ4n) is 3.95. The van der Waals surface area contributed by atoms with Crippen molar-refractivity contribution in [1.29, 1.82) is 0 Å². The van der Waals surface area contributed by atoms with Gasteiger partial charge in [0.05, 0.1) is 7.11 Å². The average Bonchev–Trinajstić information content (AvgIpc) is 3.01. The van der Waals surface area contributed by atoms with Crippen LogP contribution in [0, 0.1) is 5.92 Å². The molecule has 134 valence electrons. The molecule has 0 saturated carbocycles. The molecule has 1 aromatic carbocycles. The van der Waals surface area contributed by atoms with E-state index in [0.29, 0.717) is 32.4 Å². The molecule has 6 heteroatoms. The summed E-state index contributed by atoms with van der Waals surface area (Å²) in [6, 6.07) is 7.68. The summed E-state index contributed by atoms with van der Waals surface area (Å²) < 4.78 is 5.02. The molecule has 2 aliphatic rings. The second-order valence-corrected chi connectivity index (χ2v) is 6.82. The van der Waals surface area contributed by atoms with E-state index >= 15 is 0 Å². The third-order valence-corrected chi connectivity index (χ3v) is 5.43. The van der Waals surface area contributed by atoms with Gasteiger partial charge >= 0.3 is 5.97 Å². The van der Waals surface area contributed by atoms with Gasteiger partial charge in [-0.05, 0) is 36.8 Å². The maximum absolute atomic E-state index is 12.8. The number of methoxy groups -OCH3 is 1. The highest BCUT2D eigenvalue weighted by Gasteiger charge is 2.48. The zero-order valence-electron chi connectivity index (χ0n) is 14.7. The number of hydrogen-bond acceptors (Lipinski definition) is 4. The van der Waals surface area contributed by atoms with E-state index in [-0.39, 0.29) is 17.7 Å². The van der Waals surface area contributed by atoms with Gasteiger partial charge < -0.3 is 15.0 Å². The van der Waals surface area contributed by atoms with Crippen LogP contribution in [0.4, 0.5) is 0 Å². The summed E-state index contributed by atoms with van der Waals surface area (Å²) in [5.41, 5.74) is 0.802.